The maximum absolute atomic E-state index is 6.92. The van der Waals surface area contributed by atoms with Crippen LogP contribution < -0.4 is 4.74 Å². The summed E-state index contributed by atoms with van der Waals surface area (Å²) < 4.78 is 15.8. The van der Waals surface area contributed by atoms with Gasteiger partial charge in [0.05, 0.1) is 16.4 Å². The van der Waals surface area contributed by atoms with Crippen molar-refractivity contribution < 1.29 is 9.15 Å². The van der Waals surface area contributed by atoms with Crippen LogP contribution in [0.15, 0.2) is 229 Å². The van der Waals surface area contributed by atoms with Gasteiger partial charge in [-0.05, 0) is 116 Å². The minimum atomic E-state index is -0.493. The molecule has 0 atom stereocenters. The standard InChI is InChI=1S/C61H37NO2/c1-3-14-38(15-4-1)40-26-30-47-49-34-42(29-33-56(49)63-58(47)36-40)44-20-13-24-54-60(44)48-31-27-39(35-55(48)62(54)43-16-5-2-6-17-43)41-28-32-53-59(37-41)64-57-25-12-11-23-52(57)61(53)50-21-9-7-18-45(50)46-19-8-10-22-51(46)61/h1-37H. The van der Waals surface area contributed by atoms with Gasteiger partial charge in [0.25, 0.3) is 0 Å². The van der Waals surface area contributed by atoms with Crippen molar-refractivity contribution in [3.8, 4) is 61.7 Å². The van der Waals surface area contributed by atoms with Gasteiger partial charge in [-0.3, -0.25) is 0 Å². The SMILES string of the molecule is c1ccc(-c2ccc3c(c2)oc2ccc(-c4cccc5c4c4ccc(-c6ccc7c(c6)Oc6ccccc6C76c7ccccc7-c7ccccc76)cc4n5-c4ccccc4)cc23)cc1. The molecule has 2 aliphatic rings. The summed E-state index contributed by atoms with van der Waals surface area (Å²) in [6.07, 6.45) is 0. The largest absolute Gasteiger partial charge is 0.457 e. The summed E-state index contributed by atoms with van der Waals surface area (Å²) in [5.41, 5.74) is 19.1. The number of hydrogen-bond acceptors (Lipinski definition) is 2. The van der Waals surface area contributed by atoms with Crippen molar-refractivity contribution in [1.29, 1.82) is 0 Å². The fraction of sp³-hybridized carbons (Fsp3) is 0.0164. The van der Waals surface area contributed by atoms with E-state index in [1.54, 1.807) is 0 Å². The average Bonchev–Trinajstić information content (AvgIpc) is 4.00. The van der Waals surface area contributed by atoms with Crippen LogP contribution in [-0.4, -0.2) is 4.57 Å². The number of ether oxygens (including phenoxy) is 1. The zero-order valence-electron chi connectivity index (χ0n) is 34.6. The highest BCUT2D eigenvalue weighted by Gasteiger charge is 2.50. The number of fused-ring (bicyclic) bond motifs is 15. The Bertz CT molecular complexity index is 3830. The number of para-hydroxylation sites is 2. The minimum absolute atomic E-state index is 0.493. The molecule has 1 aliphatic carbocycles. The van der Waals surface area contributed by atoms with E-state index in [4.69, 9.17) is 9.15 Å². The van der Waals surface area contributed by atoms with Crippen LogP contribution in [0.25, 0.3) is 93.9 Å². The third kappa shape index (κ3) is 4.86. The van der Waals surface area contributed by atoms with E-state index in [-0.39, 0.29) is 0 Å². The molecule has 298 valence electrons. The van der Waals surface area contributed by atoms with E-state index in [1.807, 2.05) is 6.07 Å². The molecular weight excluding hydrogens is 779 g/mol. The van der Waals surface area contributed by atoms with Gasteiger partial charge >= 0.3 is 0 Å². The molecule has 0 unspecified atom stereocenters. The van der Waals surface area contributed by atoms with Gasteiger partial charge in [-0.25, -0.2) is 0 Å². The Hall–Kier alpha value is -8.40. The van der Waals surface area contributed by atoms with Gasteiger partial charge in [-0.2, -0.15) is 0 Å². The van der Waals surface area contributed by atoms with E-state index >= 15 is 0 Å². The third-order valence-corrected chi connectivity index (χ3v) is 13.9. The Morgan fingerprint density at radius 1 is 0.328 bits per heavy atom. The molecule has 3 heterocycles. The highest BCUT2D eigenvalue weighted by Crippen LogP contribution is 2.62. The van der Waals surface area contributed by atoms with Crippen LogP contribution in [0, 0.1) is 0 Å². The molecule has 0 saturated heterocycles. The van der Waals surface area contributed by atoms with Gasteiger partial charge in [0.2, 0.25) is 0 Å². The summed E-state index contributed by atoms with van der Waals surface area (Å²) >= 11 is 0. The van der Waals surface area contributed by atoms with Crippen molar-refractivity contribution in [3.63, 3.8) is 0 Å². The average molecular weight is 816 g/mol. The van der Waals surface area contributed by atoms with Crippen LogP contribution >= 0.6 is 0 Å². The molecule has 0 amide bonds. The van der Waals surface area contributed by atoms with Crippen LogP contribution in [0.5, 0.6) is 11.5 Å². The van der Waals surface area contributed by atoms with Gasteiger partial charge < -0.3 is 13.7 Å². The Balaban J connectivity index is 0.943. The first-order valence-electron chi connectivity index (χ1n) is 22.0. The Kier molecular flexibility index (Phi) is 7.32. The monoisotopic (exact) mass is 815 g/mol. The molecule has 14 rings (SSSR count). The lowest BCUT2D eigenvalue weighted by molar-refractivity contribution is 0.436. The number of furan rings is 1. The number of aromatic nitrogens is 1. The van der Waals surface area contributed by atoms with Crippen LogP contribution in [0.3, 0.4) is 0 Å². The predicted octanol–water partition coefficient (Wildman–Crippen LogP) is 16.2. The summed E-state index contributed by atoms with van der Waals surface area (Å²) in [6.45, 7) is 0. The number of hydrogen-bond donors (Lipinski definition) is 0. The maximum atomic E-state index is 6.92. The van der Waals surface area contributed by atoms with E-state index in [9.17, 15) is 0 Å². The minimum Gasteiger partial charge on any atom is -0.457 e. The maximum Gasteiger partial charge on any atom is 0.136 e. The number of benzene rings is 10. The van der Waals surface area contributed by atoms with Crippen molar-refractivity contribution in [1.82, 2.24) is 4.57 Å². The van der Waals surface area contributed by atoms with Crippen LogP contribution in [0.4, 0.5) is 0 Å². The first-order chi connectivity index (χ1) is 31.7. The van der Waals surface area contributed by atoms with Crippen LogP contribution in [-0.2, 0) is 5.41 Å². The van der Waals surface area contributed by atoms with E-state index in [0.717, 1.165) is 78.0 Å². The van der Waals surface area contributed by atoms with E-state index in [1.165, 1.54) is 49.7 Å². The van der Waals surface area contributed by atoms with Crippen LogP contribution in [0.2, 0.25) is 0 Å². The van der Waals surface area contributed by atoms with Crippen molar-refractivity contribution >= 4 is 43.7 Å². The predicted molar refractivity (Wildman–Crippen MR) is 262 cm³/mol. The van der Waals surface area contributed by atoms with E-state index in [0.29, 0.717) is 0 Å². The van der Waals surface area contributed by atoms with Crippen LogP contribution in [0.1, 0.15) is 22.3 Å². The topological polar surface area (TPSA) is 27.3 Å². The molecule has 0 saturated carbocycles. The molecule has 12 aromatic rings. The van der Waals surface area contributed by atoms with Gasteiger partial charge in [-0.15, -0.1) is 0 Å². The summed E-state index contributed by atoms with van der Waals surface area (Å²) in [5.74, 6) is 1.77. The lowest BCUT2D eigenvalue weighted by atomic mass is 9.66. The summed E-state index contributed by atoms with van der Waals surface area (Å²) in [4.78, 5) is 0. The second-order valence-corrected chi connectivity index (χ2v) is 17.1. The Labute approximate surface area is 369 Å². The summed E-state index contributed by atoms with van der Waals surface area (Å²) in [7, 11) is 0. The lowest BCUT2D eigenvalue weighted by Crippen LogP contribution is -2.32. The molecule has 3 nitrogen and oxygen atoms in total. The fourth-order valence-electron chi connectivity index (χ4n) is 11.1. The van der Waals surface area contributed by atoms with E-state index in [2.05, 4.69) is 223 Å². The smallest absolute Gasteiger partial charge is 0.136 e. The zero-order chi connectivity index (χ0) is 41.9. The highest BCUT2D eigenvalue weighted by atomic mass is 16.5. The van der Waals surface area contributed by atoms with Crippen molar-refractivity contribution in [2.45, 2.75) is 5.41 Å². The molecule has 0 bridgehead atoms. The highest BCUT2D eigenvalue weighted by molar-refractivity contribution is 6.17. The Morgan fingerprint density at radius 3 is 1.73 bits per heavy atom. The molecule has 0 N–H and O–H groups in total. The normalized spacial score (nSPS) is 13.2. The van der Waals surface area contributed by atoms with Gasteiger partial charge in [0.1, 0.15) is 22.7 Å². The van der Waals surface area contributed by atoms with E-state index < -0.39 is 5.41 Å². The molecule has 1 spiro atoms. The Morgan fingerprint density at radius 2 is 0.938 bits per heavy atom. The zero-order valence-corrected chi connectivity index (χ0v) is 34.6. The van der Waals surface area contributed by atoms with Gasteiger partial charge in [0, 0.05) is 38.4 Å². The second kappa shape index (κ2) is 13.3. The lowest BCUT2D eigenvalue weighted by Gasteiger charge is -2.39. The molecule has 0 fully saturated rings. The molecule has 0 radical (unpaired) electrons. The first-order valence-corrected chi connectivity index (χ1v) is 22.0. The molecule has 1 aliphatic heterocycles. The van der Waals surface area contributed by atoms with Crippen molar-refractivity contribution in [2.75, 3.05) is 0 Å². The van der Waals surface area contributed by atoms with Crippen molar-refractivity contribution in [3.05, 3.63) is 247 Å². The van der Waals surface area contributed by atoms with Crippen molar-refractivity contribution in [2.24, 2.45) is 0 Å². The molecule has 64 heavy (non-hydrogen) atoms. The quantitative estimate of drug-likeness (QED) is 0.177. The number of nitrogens with zero attached hydrogens (tertiary/aromatic N) is 1. The van der Waals surface area contributed by atoms with Gasteiger partial charge in [0.15, 0.2) is 0 Å². The van der Waals surface area contributed by atoms with Gasteiger partial charge in [-0.1, -0.05) is 164 Å². The third-order valence-electron chi connectivity index (χ3n) is 13.9. The second-order valence-electron chi connectivity index (χ2n) is 17.1. The molecule has 2 aromatic heterocycles. The number of rotatable bonds is 4. The molecular formula is C61H37NO2. The molecule has 10 aromatic carbocycles. The fourth-order valence-corrected chi connectivity index (χ4v) is 11.1. The first kappa shape index (κ1) is 35.2. The summed E-state index contributed by atoms with van der Waals surface area (Å²) in [5, 5.41) is 4.65. The summed E-state index contributed by atoms with van der Waals surface area (Å²) in [6, 6.07) is 81.3. The molecule has 3 heteroatoms.